The van der Waals surface area contributed by atoms with Gasteiger partial charge in [-0.1, -0.05) is 121 Å². The molecule has 0 bridgehead atoms. The molecule has 0 aliphatic rings. The molecule has 0 saturated heterocycles. The van der Waals surface area contributed by atoms with Crippen molar-refractivity contribution in [1.29, 1.82) is 0 Å². The predicted molar refractivity (Wildman–Crippen MR) is 227 cm³/mol. The number of fused-ring (bicyclic) bond motifs is 9. The van der Waals surface area contributed by atoms with Gasteiger partial charge in [0.25, 0.3) is 0 Å². The molecule has 9 aromatic carbocycles. The topological polar surface area (TPSA) is 16.4 Å². The van der Waals surface area contributed by atoms with Gasteiger partial charge in [0.05, 0.1) is 0 Å². The van der Waals surface area contributed by atoms with Crippen molar-refractivity contribution in [2.45, 2.75) is 0 Å². The first-order chi connectivity index (χ1) is 26.2. The highest BCUT2D eigenvalue weighted by Crippen LogP contribution is 2.44. The fourth-order valence-electron chi connectivity index (χ4n) is 8.11. The average Bonchev–Trinajstić information content (AvgIpc) is 3.79. The third kappa shape index (κ3) is 4.93. The van der Waals surface area contributed by atoms with E-state index < -0.39 is 0 Å². The van der Waals surface area contributed by atoms with Crippen LogP contribution in [0.1, 0.15) is 0 Å². The van der Waals surface area contributed by atoms with Gasteiger partial charge in [-0.05, 0) is 111 Å². The average molecular weight is 694 g/mol. The van der Waals surface area contributed by atoms with Crippen molar-refractivity contribution in [1.82, 2.24) is 0 Å². The quantitative estimate of drug-likeness (QED) is 0.167. The first-order valence-electron chi connectivity index (χ1n) is 18.0. The molecule has 0 aliphatic carbocycles. The third-order valence-corrected chi connectivity index (χ3v) is 11.8. The molecule has 3 heteroatoms. The molecule has 2 nitrogen and oxygen atoms in total. The second kappa shape index (κ2) is 11.9. The SMILES string of the molecule is c1ccc(-c2ccc(N(c3ccc4sc5ccccc5c4c3)c3ccc4oc5cccc(-c6ccc7c(ccc8ccccc87)c6)c5c4c3)cc2)cc1. The Balaban J connectivity index is 1.10. The number of anilines is 3. The van der Waals surface area contributed by atoms with E-state index in [2.05, 4.69) is 193 Å². The van der Waals surface area contributed by atoms with Crippen molar-refractivity contribution in [3.63, 3.8) is 0 Å². The maximum Gasteiger partial charge on any atom is 0.136 e. The number of furan rings is 1. The summed E-state index contributed by atoms with van der Waals surface area (Å²) in [5, 5.41) is 9.82. The maximum atomic E-state index is 6.55. The van der Waals surface area contributed by atoms with E-state index in [1.165, 1.54) is 64.0 Å². The number of thiophene rings is 1. The Kier molecular flexibility index (Phi) is 6.76. The number of hydrogen-bond donors (Lipinski definition) is 0. The van der Waals surface area contributed by atoms with Crippen molar-refractivity contribution in [2.24, 2.45) is 0 Å². The lowest BCUT2D eigenvalue weighted by Crippen LogP contribution is -2.09. The lowest BCUT2D eigenvalue weighted by Gasteiger charge is -2.26. The van der Waals surface area contributed by atoms with E-state index in [1.807, 2.05) is 11.3 Å². The van der Waals surface area contributed by atoms with E-state index in [-0.39, 0.29) is 0 Å². The van der Waals surface area contributed by atoms with Crippen LogP contribution in [0.2, 0.25) is 0 Å². The van der Waals surface area contributed by atoms with Gasteiger partial charge in [-0.3, -0.25) is 0 Å². The fourth-order valence-corrected chi connectivity index (χ4v) is 9.20. The summed E-state index contributed by atoms with van der Waals surface area (Å²) < 4.78 is 9.14. The molecule has 0 fully saturated rings. The zero-order valence-corrected chi connectivity index (χ0v) is 29.5. The van der Waals surface area contributed by atoms with Gasteiger partial charge < -0.3 is 9.32 Å². The van der Waals surface area contributed by atoms with E-state index in [0.29, 0.717) is 0 Å². The van der Waals surface area contributed by atoms with Crippen molar-refractivity contribution < 1.29 is 4.42 Å². The summed E-state index contributed by atoms with van der Waals surface area (Å²) in [7, 11) is 0. The molecule has 0 atom stereocenters. The van der Waals surface area contributed by atoms with Crippen LogP contribution >= 0.6 is 11.3 Å². The first kappa shape index (κ1) is 30.0. The summed E-state index contributed by atoms with van der Waals surface area (Å²) in [5.74, 6) is 0. The van der Waals surface area contributed by atoms with Crippen LogP contribution in [-0.2, 0) is 0 Å². The van der Waals surface area contributed by atoms with Crippen LogP contribution in [0.4, 0.5) is 17.1 Å². The number of nitrogens with zero attached hydrogens (tertiary/aromatic N) is 1. The van der Waals surface area contributed by atoms with E-state index in [0.717, 1.165) is 39.0 Å². The Hall–Kier alpha value is -6.68. The number of benzene rings is 9. The molecule has 2 aromatic heterocycles. The third-order valence-electron chi connectivity index (χ3n) is 10.6. The molecule has 2 heterocycles. The largest absolute Gasteiger partial charge is 0.456 e. The van der Waals surface area contributed by atoms with Crippen LogP contribution in [0.25, 0.3) is 85.9 Å². The van der Waals surface area contributed by atoms with Gasteiger partial charge in [-0.2, -0.15) is 0 Å². The van der Waals surface area contributed by atoms with Crippen molar-refractivity contribution in [3.05, 3.63) is 188 Å². The number of hydrogen-bond acceptors (Lipinski definition) is 3. The smallest absolute Gasteiger partial charge is 0.136 e. The Labute approximate surface area is 310 Å². The standard InChI is InChI=1S/C50H31NOS/c1-2-9-32(10-3-1)33-19-22-37(23-20-33)51(39-25-28-49-44(30-39)43-13-6-7-16-48(43)53-49)38-24-27-46-45(31-38)50-42(14-8-15-47(50)52-46)36-21-26-41-35(29-36)18-17-34-11-4-5-12-40(34)41/h1-31H. The highest BCUT2D eigenvalue weighted by atomic mass is 32.1. The molecule has 11 aromatic rings. The summed E-state index contributed by atoms with van der Waals surface area (Å²) in [5.41, 5.74) is 9.79. The first-order valence-corrected chi connectivity index (χ1v) is 18.8. The lowest BCUT2D eigenvalue weighted by atomic mass is 9.95. The van der Waals surface area contributed by atoms with E-state index >= 15 is 0 Å². The maximum absolute atomic E-state index is 6.55. The molecule has 0 spiro atoms. The minimum absolute atomic E-state index is 0.877. The monoisotopic (exact) mass is 693 g/mol. The molecular formula is C50H31NOS. The lowest BCUT2D eigenvalue weighted by molar-refractivity contribution is 0.669. The highest BCUT2D eigenvalue weighted by molar-refractivity contribution is 7.25. The minimum atomic E-state index is 0.877. The van der Waals surface area contributed by atoms with Gasteiger partial charge in [0.15, 0.2) is 0 Å². The van der Waals surface area contributed by atoms with Crippen LogP contribution in [-0.4, -0.2) is 0 Å². The van der Waals surface area contributed by atoms with E-state index in [4.69, 9.17) is 4.42 Å². The second-order valence-corrected chi connectivity index (χ2v) is 14.8. The van der Waals surface area contributed by atoms with Gasteiger partial charge >= 0.3 is 0 Å². The van der Waals surface area contributed by atoms with Gasteiger partial charge in [0.1, 0.15) is 11.2 Å². The van der Waals surface area contributed by atoms with Crippen LogP contribution in [0.3, 0.4) is 0 Å². The number of rotatable bonds is 5. The van der Waals surface area contributed by atoms with Crippen molar-refractivity contribution in [3.8, 4) is 22.3 Å². The Morgan fingerprint density at radius 2 is 1.02 bits per heavy atom. The molecule has 0 radical (unpaired) electrons. The summed E-state index contributed by atoms with van der Waals surface area (Å²) in [6, 6.07) is 68.0. The Morgan fingerprint density at radius 1 is 0.358 bits per heavy atom. The summed E-state index contributed by atoms with van der Waals surface area (Å²) in [6.07, 6.45) is 0. The summed E-state index contributed by atoms with van der Waals surface area (Å²) >= 11 is 1.85. The Morgan fingerprint density at radius 3 is 1.91 bits per heavy atom. The van der Waals surface area contributed by atoms with Gasteiger partial charge in [-0.25, -0.2) is 0 Å². The van der Waals surface area contributed by atoms with E-state index in [9.17, 15) is 0 Å². The van der Waals surface area contributed by atoms with Gasteiger partial charge in [0, 0.05) is 48.0 Å². The zero-order chi connectivity index (χ0) is 34.9. The predicted octanol–water partition coefficient (Wildman–Crippen LogP) is 15.1. The summed E-state index contributed by atoms with van der Waals surface area (Å²) in [6.45, 7) is 0. The second-order valence-electron chi connectivity index (χ2n) is 13.7. The molecular weight excluding hydrogens is 663 g/mol. The van der Waals surface area contributed by atoms with Crippen LogP contribution < -0.4 is 4.90 Å². The van der Waals surface area contributed by atoms with E-state index in [1.54, 1.807) is 0 Å². The molecule has 53 heavy (non-hydrogen) atoms. The van der Waals surface area contributed by atoms with Gasteiger partial charge in [-0.15, -0.1) is 11.3 Å². The van der Waals surface area contributed by atoms with Crippen LogP contribution in [0.5, 0.6) is 0 Å². The molecule has 0 N–H and O–H groups in total. The van der Waals surface area contributed by atoms with Crippen LogP contribution in [0, 0.1) is 0 Å². The molecule has 0 saturated carbocycles. The molecule has 11 rings (SSSR count). The normalized spacial score (nSPS) is 11.8. The fraction of sp³-hybridized carbons (Fsp3) is 0. The Bertz CT molecular complexity index is 3170. The highest BCUT2D eigenvalue weighted by Gasteiger charge is 2.19. The molecule has 0 unspecified atom stereocenters. The molecule has 248 valence electrons. The van der Waals surface area contributed by atoms with Crippen LogP contribution in [0.15, 0.2) is 192 Å². The molecule has 0 aliphatic heterocycles. The van der Waals surface area contributed by atoms with Crippen molar-refractivity contribution in [2.75, 3.05) is 4.90 Å². The zero-order valence-electron chi connectivity index (χ0n) is 28.7. The van der Waals surface area contributed by atoms with Gasteiger partial charge in [0.2, 0.25) is 0 Å². The van der Waals surface area contributed by atoms with Crippen molar-refractivity contribution >= 4 is 92.1 Å². The summed E-state index contributed by atoms with van der Waals surface area (Å²) in [4.78, 5) is 2.38. The minimum Gasteiger partial charge on any atom is -0.456 e. The molecule has 0 amide bonds.